The molecule has 1 atom stereocenters. The lowest BCUT2D eigenvalue weighted by Crippen LogP contribution is -2.41. The Kier molecular flexibility index (Phi) is 3.59. The van der Waals surface area contributed by atoms with E-state index in [0.29, 0.717) is 0 Å². The summed E-state index contributed by atoms with van der Waals surface area (Å²) in [5.41, 5.74) is 6.34. The largest absolute Gasteiger partial charge is 0.325 e. The molecule has 0 bridgehead atoms. The Labute approximate surface area is 91.9 Å². The minimum Gasteiger partial charge on any atom is -0.325 e. The van der Waals surface area contributed by atoms with Gasteiger partial charge in [0.1, 0.15) is 5.17 Å². The van der Waals surface area contributed by atoms with Crippen LogP contribution in [0.5, 0.6) is 0 Å². The predicted octanol–water partition coefficient (Wildman–Crippen LogP) is 2.94. The van der Waals surface area contributed by atoms with Crippen LogP contribution in [-0.4, -0.2) is 17.3 Å². The van der Waals surface area contributed by atoms with Gasteiger partial charge in [-0.15, -0.1) is 0 Å². The van der Waals surface area contributed by atoms with E-state index in [1.165, 1.54) is 0 Å². The Balaban J connectivity index is 2.75. The smallest absolute Gasteiger partial charge is 0.100 e. The van der Waals surface area contributed by atoms with Gasteiger partial charge >= 0.3 is 0 Å². The molecule has 0 fully saturated rings. The van der Waals surface area contributed by atoms with Crippen molar-refractivity contribution < 1.29 is 0 Å². The SMILES string of the molecule is CC1(C)CN=C(Cl)CCCC(C)(N)C1. The Bertz CT molecular complexity index is 231. The third-order valence-corrected chi connectivity index (χ3v) is 3.00. The molecule has 0 amide bonds. The van der Waals surface area contributed by atoms with Crippen molar-refractivity contribution in [3.8, 4) is 0 Å². The zero-order chi connectivity index (χ0) is 10.8. The van der Waals surface area contributed by atoms with Crippen molar-refractivity contribution in [2.75, 3.05) is 6.54 Å². The van der Waals surface area contributed by atoms with Crippen molar-refractivity contribution in [2.24, 2.45) is 16.1 Å². The highest BCUT2D eigenvalue weighted by Gasteiger charge is 2.29. The summed E-state index contributed by atoms with van der Waals surface area (Å²) in [7, 11) is 0. The number of hydrogen-bond donors (Lipinski definition) is 1. The standard InChI is InChI=1S/C11H21ClN2/c1-10(2)7-11(3,13)6-4-5-9(12)14-8-10/h4-8,13H2,1-3H3. The average molecular weight is 217 g/mol. The normalized spacial score (nSPS) is 33.9. The van der Waals surface area contributed by atoms with Gasteiger partial charge < -0.3 is 5.73 Å². The second kappa shape index (κ2) is 4.19. The van der Waals surface area contributed by atoms with Crippen LogP contribution in [0.15, 0.2) is 4.99 Å². The molecule has 0 saturated carbocycles. The minimum atomic E-state index is -0.0689. The summed E-state index contributed by atoms with van der Waals surface area (Å²) < 4.78 is 0. The molecule has 0 aromatic carbocycles. The quantitative estimate of drug-likeness (QED) is 0.665. The van der Waals surface area contributed by atoms with E-state index in [1.807, 2.05) is 0 Å². The van der Waals surface area contributed by atoms with E-state index >= 15 is 0 Å². The van der Waals surface area contributed by atoms with Crippen LogP contribution >= 0.6 is 11.6 Å². The average Bonchev–Trinajstić information content (AvgIpc) is 2.01. The highest BCUT2D eigenvalue weighted by molar-refractivity contribution is 6.65. The fourth-order valence-electron chi connectivity index (χ4n) is 2.25. The summed E-state index contributed by atoms with van der Waals surface area (Å²) in [5.74, 6) is 0. The first-order valence-electron chi connectivity index (χ1n) is 5.29. The van der Waals surface area contributed by atoms with E-state index in [-0.39, 0.29) is 11.0 Å². The first-order chi connectivity index (χ1) is 6.31. The molecular formula is C11H21ClN2. The maximum Gasteiger partial charge on any atom is 0.100 e. The molecule has 1 unspecified atom stereocenters. The fourth-order valence-corrected chi connectivity index (χ4v) is 2.45. The van der Waals surface area contributed by atoms with Gasteiger partial charge in [0.25, 0.3) is 0 Å². The molecule has 0 saturated heterocycles. The van der Waals surface area contributed by atoms with Gasteiger partial charge in [0.2, 0.25) is 0 Å². The van der Waals surface area contributed by atoms with Crippen molar-refractivity contribution in [3.05, 3.63) is 0 Å². The third kappa shape index (κ3) is 3.97. The molecule has 3 heteroatoms. The van der Waals surface area contributed by atoms with E-state index in [0.717, 1.165) is 37.4 Å². The Morgan fingerprint density at radius 1 is 1.36 bits per heavy atom. The number of nitrogens with zero attached hydrogens (tertiary/aromatic N) is 1. The van der Waals surface area contributed by atoms with Crippen LogP contribution in [0.4, 0.5) is 0 Å². The van der Waals surface area contributed by atoms with Gasteiger partial charge in [-0.1, -0.05) is 25.4 Å². The highest BCUT2D eigenvalue weighted by Crippen LogP contribution is 2.31. The molecule has 0 radical (unpaired) electrons. The molecular weight excluding hydrogens is 196 g/mol. The summed E-state index contributed by atoms with van der Waals surface area (Å²) in [6, 6.07) is 0. The molecule has 2 nitrogen and oxygen atoms in total. The van der Waals surface area contributed by atoms with Crippen molar-refractivity contribution in [2.45, 2.75) is 52.0 Å². The molecule has 82 valence electrons. The van der Waals surface area contributed by atoms with E-state index in [4.69, 9.17) is 17.3 Å². The number of hydrogen-bond acceptors (Lipinski definition) is 2. The van der Waals surface area contributed by atoms with Crippen LogP contribution in [-0.2, 0) is 0 Å². The number of aliphatic imine (C=N–C) groups is 1. The Morgan fingerprint density at radius 2 is 2.00 bits per heavy atom. The lowest BCUT2D eigenvalue weighted by Gasteiger charge is -2.33. The van der Waals surface area contributed by atoms with Crippen LogP contribution < -0.4 is 5.73 Å². The Morgan fingerprint density at radius 3 is 2.64 bits per heavy atom. The number of halogens is 1. The summed E-state index contributed by atoms with van der Waals surface area (Å²) in [6.45, 7) is 7.33. The zero-order valence-electron chi connectivity index (χ0n) is 9.44. The molecule has 0 aromatic rings. The van der Waals surface area contributed by atoms with Gasteiger partial charge in [-0.2, -0.15) is 0 Å². The molecule has 0 aromatic heterocycles. The first kappa shape index (κ1) is 12.0. The summed E-state index contributed by atoms with van der Waals surface area (Å²) in [4.78, 5) is 4.39. The maximum absolute atomic E-state index is 6.24. The Hall–Kier alpha value is -0.0800. The summed E-state index contributed by atoms with van der Waals surface area (Å²) in [5, 5.41) is 0.760. The van der Waals surface area contributed by atoms with E-state index in [2.05, 4.69) is 25.8 Å². The topological polar surface area (TPSA) is 38.4 Å². The monoisotopic (exact) mass is 216 g/mol. The number of nitrogens with two attached hydrogens (primary N) is 1. The van der Waals surface area contributed by atoms with Crippen LogP contribution in [0.3, 0.4) is 0 Å². The van der Waals surface area contributed by atoms with E-state index < -0.39 is 0 Å². The second-order valence-electron chi connectivity index (χ2n) is 5.54. The predicted molar refractivity (Wildman–Crippen MR) is 63.0 cm³/mol. The van der Waals surface area contributed by atoms with Gasteiger partial charge in [-0.25, -0.2) is 0 Å². The molecule has 1 heterocycles. The van der Waals surface area contributed by atoms with Crippen LogP contribution in [0.25, 0.3) is 0 Å². The first-order valence-corrected chi connectivity index (χ1v) is 5.66. The molecule has 2 N–H and O–H groups in total. The molecule has 0 spiro atoms. The van der Waals surface area contributed by atoms with Crippen LogP contribution in [0.2, 0.25) is 0 Å². The summed E-state index contributed by atoms with van der Waals surface area (Å²) >= 11 is 6.00. The van der Waals surface area contributed by atoms with Gasteiger partial charge in [0, 0.05) is 18.5 Å². The zero-order valence-corrected chi connectivity index (χ0v) is 10.2. The van der Waals surface area contributed by atoms with E-state index in [9.17, 15) is 0 Å². The lowest BCUT2D eigenvalue weighted by molar-refractivity contribution is 0.245. The van der Waals surface area contributed by atoms with Crippen LogP contribution in [0, 0.1) is 5.41 Å². The minimum absolute atomic E-state index is 0.0689. The highest BCUT2D eigenvalue weighted by atomic mass is 35.5. The van der Waals surface area contributed by atoms with Crippen molar-refractivity contribution >= 4 is 16.8 Å². The molecule has 14 heavy (non-hydrogen) atoms. The fraction of sp³-hybridized carbons (Fsp3) is 0.909. The summed E-state index contributed by atoms with van der Waals surface area (Å²) in [6.07, 6.45) is 3.96. The van der Waals surface area contributed by atoms with Crippen molar-refractivity contribution in [3.63, 3.8) is 0 Å². The number of rotatable bonds is 0. The maximum atomic E-state index is 6.24. The van der Waals surface area contributed by atoms with E-state index in [1.54, 1.807) is 0 Å². The van der Waals surface area contributed by atoms with Crippen molar-refractivity contribution in [1.29, 1.82) is 0 Å². The lowest BCUT2D eigenvalue weighted by atomic mass is 9.78. The molecule has 1 aliphatic heterocycles. The third-order valence-electron chi connectivity index (χ3n) is 2.69. The molecule has 1 aliphatic rings. The van der Waals surface area contributed by atoms with Gasteiger partial charge in [0.15, 0.2) is 0 Å². The molecule has 1 rings (SSSR count). The second-order valence-corrected chi connectivity index (χ2v) is 5.98. The van der Waals surface area contributed by atoms with Gasteiger partial charge in [0.05, 0.1) is 0 Å². The van der Waals surface area contributed by atoms with Crippen LogP contribution in [0.1, 0.15) is 46.5 Å². The molecule has 0 aliphatic carbocycles. The van der Waals surface area contributed by atoms with Gasteiger partial charge in [-0.05, 0) is 31.6 Å². The van der Waals surface area contributed by atoms with Crippen molar-refractivity contribution in [1.82, 2.24) is 0 Å². The van der Waals surface area contributed by atoms with Gasteiger partial charge in [-0.3, -0.25) is 4.99 Å².